The molecule has 0 radical (unpaired) electrons. The fourth-order valence-electron chi connectivity index (χ4n) is 1.57. The maximum Gasteiger partial charge on any atom is 0.244 e. The second-order valence-corrected chi connectivity index (χ2v) is 5.91. The van der Waals surface area contributed by atoms with Crippen LogP contribution in [0.15, 0.2) is 17.3 Å². The fraction of sp³-hybridized carbons (Fsp3) is 0.556. The smallest absolute Gasteiger partial charge is 0.244 e. The predicted octanol–water partition coefficient (Wildman–Crippen LogP) is -1.22. The molecule has 1 atom stereocenters. The van der Waals surface area contributed by atoms with Gasteiger partial charge in [0.15, 0.2) is 5.82 Å². The largest absolute Gasteiger partial charge is 0.330 e. The van der Waals surface area contributed by atoms with Crippen molar-refractivity contribution in [1.82, 2.24) is 35.1 Å². The first-order chi connectivity index (χ1) is 9.53. The monoisotopic (exact) mass is 300 g/mol. The van der Waals surface area contributed by atoms with Gasteiger partial charge in [0, 0.05) is 12.7 Å². The Kier molecular flexibility index (Phi) is 4.42. The van der Waals surface area contributed by atoms with E-state index in [4.69, 9.17) is 5.73 Å². The van der Waals surface area contributed by atoms with Crippen molar-refractivity contribution in [2.24, 2.45) is 5.73 Å². The zero-order chi connectivity index (χ0) is 14.6. The summed E-state index contributed by atoms with van der Waals surface area (Å²) in [7, 11) is -3.68. The number of sulfonamides is 1. The molecule has 0 bridgehead atoms. The van der Waals surface area contributed by atoms with Gasteiger partial charge >= 0.3 is 0 Å². The number of H-pyrrole nitrogens is 1. The van der Waals surface area contributed by atoms with Gasteiger partial charge < -0.3 is 5.73 Å². The minimum absolute atomic E-state index is 0.0878. The molecule has 0 spiro atoms. The highest BCUT2D eigenvalue weighted by atomic mass is 32.2. The zero-order valence-electron chi connectivity index (χ0n) is 10.9. The summed E-state index contributed by atoms with van der Waals surface area (Å²) >= 11 is 0. The molecule has 0 aliphatic rings. The van der Waals surface area contributed by atoms with Gasteiger partial charge in [0.25, 0.3) is 0 Å². The number of aromatic amines is 1. The molecule has 20 heavy (non-hydrogen) atoms. The molecule has 2 rings (SSSR count). The van der Waals surface area contributed by atoms with Crippen molar-refractivity contribution >= 4 is 10.0 Å². The van der Waals surface area contributed by atoms with E-state index in [0.29, 0.717) is 13.1 Å². The number of nitrogens with two attached hydrogens (primary N) is 1. The molecule has 0 saturated carbocycles. The summed E-state index contributed by atoms with van der Waals surface area (Å²) in [4.78, 5) is 0.0878. The summed E-state index contributed by atoms with van der Waals surface area (Å²) in [5, 5.41) is 17.1. The average molecular weight is 300 g/mol. The average Bonchev–Trinajstić information content (AvgIpc) is 3.07. The Labute approximate surface area is 115 Å². The lowest BCUT2D eigenvalue weighted by atomic mass is 10.4. The van der Waals surface area contributed by atoms with E-state index in [9.17, 15) is 8.42 Å². The number of hydrogen-bond donors (Lipinski definition) is 3. The molecule has 10 nitrogen and oxygen atoms in total. The Balaban J connectivity index is 2.08. The summed E-state index contributed by atoms with van der Waals surface area (Å²) in [5.74, 6) is 0.268. The highest BCUT2D eigenvalue weighted by Crippen LogP contribution is 2.12. The number of aromatic nitrogens is 6. The van der Waals surface area contributed by atoms with E-state index in [1.807, 2.05) is 0 Å². The Morgan fingerprint density at radius 1 is 1.55 bits per heavy atom. The molecule has 0 aromatic carbocycles. The van der Waals surface area contributed by atoms with E-state index in [1.165, 1.54) is 12.4 Å². The van der Waals surface area contributed by atoms with Crippen LogP contribution in [-0.2, 0) is 16.6 Å². The highest BCUT2D eigenvalue weighted by molar-refractivity contribution is 7.89. The van der Waals surface area contributed by atoms with E-state index in [-0.39, 0.29) is 10.7 Å². The van der Waals surface area contributed by atoms with Crippen LogP contribution in [0.1, 0.15) is 25.2 Å². The Bertz CT molecular complexity index is 635. The van der Waals surface area contributed by atoms with Crippen molar-refractivity contribution < 1.29 is 8.42 Å². The second kappa shape index (κ2) is 6.07. The van der Waals surface area contributed by atoms with Crippen molar-refractivity contribution in [3.8, 4) is 0 Å². The van der Waals surface area contributed by atoms with Crippen molar-refractivity contribution in [2.75, 3.05) is 6.54 Å². The first-order valence-corrected chi connectivity index (χ1v) is 7.49. The number of rotatable bonds is 7. The third-order valence-corrected chi connectivity index (χ3v) is 4.09. The molecule has 110 valence electrons. The van der Waals surface area contributed by atoms with Gasteiger partial charge in [0.1, 0.15) is 4.90 Å². The molecule has 0 aliphatic carbocycles. The number of hydrogen-bond acceptors (Lipinski definition) is 7. The van der Waals surface area contributed by atoms with Crippen molar-refractivity contribution in [3.63, 3.8) is 0 Å². The summed E-state index contributed by atoms with van der Waals surface area (Å²) in [6.45, 7) is 2.72. The number of nitrogens with zero attached hydrogens (tertiary/aromatic N) is 5. The Morgan fingerprint density at radius 2 is 2.35 bits per heavy atom. The highest BCUT2D eigenvalue weighted by Gasteiger charge is 2.22. The lowest BCUT2D eigenvalue weighted by Crippen LogP contribution is -2.27. The first kappa shape index (κ1) is 14.6. The third-order valence-electron chi connectivity index (χ3n) is 2.59. The molecular weight excluding hydrogens is 284 g/mol. The van der Waals surface area contributed by atoms with Crippen LogP contribution in [0.5, 0.6) is 0 Å². The molecule has 4 N–H and O–H groups in total. The van der Waals surface area contributed by atoms with E-state index in [1.54, 1.807) is 11.6 Å². The van der Waals surface area contributed by atoms with Gasteiger partial charge in [0.2, 0.25) is 10.0 Å². The first-order valence-electron chi connectivity index (χ1n) is 6.01. The molecular formula is C9H16N8O2S. The molecule has 2 heterocycles. The molecule has 2 aromatic heterocycles. The number of tetrazole rings is 1. The van der Waals surface area contributed by atoms with Crippen LogP contribution in [0.4, 0.5) is 0 Å². The zero-order valence-corrected chi connectivity index (χ0v) is 11.7. The number of nitrogens with one attached hydrogen (secondary N) is 2. The van der Waals surface area contributed by atoms with Gasteiger partial charge in [-0.3, -0.25) is 4.68 Å². The van der Waals surface area contributed by atoms with Crippen LogP contribution < -0.4 is 10.5 Å². The summed E-state index contributed by atoms with van der Waals surface area (Å²) < 4.78 is 28.3. The van der Waals surface area contributed by atoms with Crippen LogP contribution in [-0.4, -0.2) is 45.4 Å². The van der Waals surface area contributed by atoms with Crippen molar-refractivity contribution in [3.05, 3.63) is 18.2 Å². The lowest BCUT2D eigenvalue weighted by molar-refractivity contribution is 0.558. The molecule has 0 amide bonds. The van der Waals surface area contributed by atoms with E-state index < -0.39 is 16.1 Å². The Morgan fingerprint density at radius 3 is 3.00 bits per heavy atom. The molecule has 2 aromatic rings. The van der Waals surface area contributed by atoms with E-state index >= 15 is 0 Å². The fourth-order valence-corrected chi connectivity index (χ4v) is 2.72. The minimum Gasteiger partial charge on any atom is -0.330 e. The topological polar surface area (TPSA) is 144 Å². The minimum atomic E-state index is -3.68. The van der Waals surface area contributed by atoms with Gasteiger partial charge in [-0.2, -0.15) is 10.3 Å². The summed E-state index contributed by atoms with van der Waals surface area (Å²) in [5.41, 5.74) is 5.39. The summed E-state index contributed by atoms with van der Waals surface area (Å²) in [6.07, 6.45) is 3.48. The van der Waals surface area contributed by atoms with Gasteiger partial charge in [0.05, 0.1) is 12.2 Å². The van der Waals surface area contributed by atoms with Crippen LogP contribution in [0.2, 0.25) is 0 Å². The molecule has 0 saturated heterocycles. The molecule has 0 aliphatic heterocycles. The quantitative estimate of drug-likeness (QED) is 0.581. The van der Waals surface area contributed by atoms with E-state index in [2.05, 4.69) is 30.4 Å². The predicted molar refractivity (Wildman–Crippen MR) is 68.8 cm³/mol. The van der Waals surface area contributed by atoms with Crippen LogP contribution in [0.25, 0.3) is 0 Å². The van der Waals surface area contributed by atoms with Crippen LogP contribution in [0.3, 0.4) is 0 Å². The maximum atomic E-state index is 12.1. The molecule has 1 unspecified atom stereocenters. The van der Waals surface area contributed by atoms with Crippen molar-refractivity contribution in [1.29, 1.82) is 0 Å². The second-order valence-electron chi connectivity index (χ2n) is 4.19. The van der Waals surface area contributed by atoms with Gasteiger partial charge in [-0.25, -0.2) is 13.1 Å². The normalized spacial score (nSPS) is 13.5. The van der Waals surface area contributed by atoms with Crippen LogP contribution in [0, 0.1) is 0 Å². The van der Waals surface area contributed by atoms with E-state index in [0.717, 1.165) is 6.42 Å². The van der Waals surface area contributed by atoms with Gasteiger partial charge in [-0.1, -0.05) is 5.21 Å². The van der Waals surface area contributed by atoms with Crippen LogP contribution >= 0.6 is 0 Å². The Hall–Kier alpha value is -1.85. The molecule has 0 fully saturated rings. The van der Waals surface area contributed by atoms with Gasteiger partial charge in [-0.05, 0) is 19.9 Å². The van der Waals surface area contributed by atoms with Crippen molar-refractivity contribution in [2.45, 2.75) is 30.8 Å². The number of aryl methyl sites for hydroxylation is 1. The summed E-state index contributed by atoms with van der Waals surface area (Å²) in [6, 6.07) is -0.592. The third kappa shape index (κ3) is 3.37. The van der Waals surface area contributed by atoms with Gasteiger partial charge in [-0.15, -0.1) is 10.2 Å². The standard InChI is InChI=1S/C9H16N8O2S/c1-7(9-12-15-16-13-9)14-20(18,19)8-5-11-17(6-8)4-2-3-10/h5-7,14H,2-4,10H2,1H3,(H,12,13,15,16). The SMILES string of the molecule is CC(NS(=O)(=O)c1cnn(CCCN)c1)c1nn[nH]n1. The lowest BCUT2D eigenvalue weighted by Gasteiger charge is -2.08. The maximum absolute atomic E-state index is 12.1. The molecule has 11 heteroatoms.